The summed E-state index contributed by atoms with van der Waals surface area (Å²) in [4.78, 5) is 11.4. The number of hydrogen-bond acceptors (Lipinski definition) is 2. The average Bonchev–Trinajstić information content (AvgIpc) is 2.54. The van der Waals surface area contributed by atoms with Crippen molar-refractivity contribution in [2.45, 2.75) is 30.4 Å². The van der Waals surface area contributed by atoms with Crippen molar-refractivity contribution in [1.82, 2.24) is 0 Å². The highest BCUT2D eigenvalue weighted by Gasteiger charge is 2.76. The summed E-state index contributed by atoms with van der Waals surface area (Å²) >= 11 is 0. The lowest BCUT2D eigenvalue weighted by Gasteiger charge is -2.27. The number of alkyl halides is 13. The minimum Gasteiger partial charge on any atom is -0.496 e. The fourth-order valence-corrected chi connectivity index (χ4v) is 2.02. The zero-order valence-electron chi connectivity index (χ0n) is 14.0. The Morgan fingerprint density at radius 2 is 1.10 bits per heavy atom. The number of carbonyl (C=O) groups is 1. The summed E-state index contributed by atoms with van der Waals surface area (Å²) in [6, 6.07) is -0.679. The number of carbonyl (C=O) groups excluding carboxylic acids is 1. The molecule has 0 radical (unpaired) electrons. The summed E-state index contributed by atoms with van der Waals surface area (Å²) < 4.78 is 170. The monoisotopic (exact) mass is 466 g/mol. The molecule has 0 saturated heterocycles. The second kappa shape index (κ2) is 7.65. The quantitative estimate of drug-likeness (QED) is 0.304. The van der Waals surface area contributed by atoms with E-state index in [0.717, 1.165) is 0 Å². The first-order chi connectivity index (χ1) is 13.2. The van der Waals surface area contributed by atoms with Gasteiger partial charge in [0.25, 0.3) is 0 Å². The molecule has 0 aliphatic rings. The van der Waals surface area contributed by atoms with Gasteiger partial charge >= 0.3 is 30.4 Å². The molecule has 2 nitrogen and oxygen atoms in total. The smallest absolute Gasteiger partial charge is 0.439 e. The molecule has 15 heteroatoms. The molecular formula is C15H7F13O2. The molecule has 1 rings (SSSR count). The van der Waals surface area contributed by atoms with Crippen molar-refractivity contribution < 1.29 is 66.6 Å². The molecule has 0 aliphatic carbocycles. The minimum atomic E-state index is -6.84. The summed E-state index contributed by atoms with van der Waals surface area (Å²) in [6.07, 6.45) is -25.4. The van der Waals surface area contributed by atoms with Crippen molar-refractivity contribution in [1.29, 1.82) is 0 Å². The molecule has 170 valence electrons. The molecule has 0 unspecified atom stereocenters. The van der Waals surface area contributed by atoms with Crippen LogP contribution in [0.25, 0.3) is 5.76 Å². The summed E-state index contributed by atoms with van der Waals surface area (Å²) in [5.74, 6) is -4.97. The molecule has 0 heterocycles. The van der Waals surface area contributed by atoms with Crippen LogP contribution in [0, 0.1) is 0 Å². The lowest BCUT2D eigenvalue weighted by atomic mass is 9.96. The van der Waals surface area contributed by atoms with E-state index in [1.807, 2.05) is 0 Å². The minimum absolute atomic E-state index is 0.140. The van der Waals surface area contributed by atoms with E-state index in [2.05, 4.69) is 4.74 Å². The summed E-state index contributed by atoms with van der Waals surface area (Å²) in [6.45, 7) is 0. The topological polar surface area (TPSA) is 26.3 Å². The van der Waals surface area contributed by atoms with E-state index in [4.69, 9.17) is 0 Å². The van der Waals surface area contributed by atoms with Crippen LogP contribution in [0.1, 0.15) is 16.7 Å². The van der Waals surface area contributed by atoms with Gasteiger partial charge in [-0.05, 0) is 18.2 Å². The van der Waals surface area contributed by atoms with Crippen LogP contribution >= 0.6 is 0 Å². The van der Waals surface area contributed by atoms with Crippen LogP contribution in [-0.4, -0.2) is 30.9 Å². The second-order valence-electron chi connectivity index (χ2n) is 5.53. The molecule has 0 aliphatic heterocycles. The van der Waals surface area contributed by atoms with Crippen molar-refractivity contribution in [3.05, 3.63) is 41.0 Å². The third-order valence-electron chi connectivity index (χ3n) is 3.48. The molecule has 0 fully saturated rings. The van der Waals surface area contributed by atoms with Crippen LogP contribution in [0.4, 0.5) is 57.1 Å². The molecule has 1 aromatic carbocycles. The van der Waals surface area contributed by atoms with Gasteiger partial charge < -0.3 is 4.74 Å². The van der Waals surface area contributed by atoms with Gasteiger partial charge in [-0.2, -0.15) is 52.7 Å². The van der Waals surface area contributed by atoms with Crippen LogP contribution in [0.15, 0.2) is 24.3 Å². The van der Waals surface area contributed by atoms with Gasteiger partial charge in [0, 0.05) is 11.6 Å². The van der Waals surface area contributed by atoms with Crippen molar-refractivity contribution in [2.24, 2.45) is 0 Å². The Kier molecular flexibility index (Phi) is 6.52. The fraction of sp³-hybridized carbons (Fsp3) is 0.400. The lowest BCUT2D eigenvalue weighted by Crippen LogP contribution is -2.58. The van der Waals surface area contributed by atoms with E-state index >= 15 is 0 Å². The highest BCUT2D eigenvalue weighted by atomic mass is 19.4. The molecule has 1 aromatic rings. The van der Waals surface area contributed by atoms with E-state index in [1.54, 1.807) is 0 Å². The summed E-state index contributed by atoms with van der Waals surface area (Å²) in [5.41, 5.74) is -11.9. The van der Waals surface area contributed by atoms with Crippen LogP contribution in [0.3, 0.4) is 0 Å². The largest absolute Gasteiger partial charge is 0.496 e. The predicted molar refractivity (Wildman–Crippen MR) is 72.4 cm³/mol. The molecule has 0 bridgehead atoms. The van der Waals surface area contributed by atoms with Crippen LogP contribution in [0.2, 0.25) is 0 Å². The number of ketones is 1. The van der Waals surface area contributed by atoms with Gasteiger partial charge in [-0.1, -0.05) is 0 Å². The van der Waals surface area contributed by atoms with Crippen LogP contribution < -0.4 is 0 Å². The SMILES string of the molecule is CO/C(=C\C(=O)C(F)(C(F)(F)F)C(F)(F)F)c1cc(C(F)(F)F)cc(C(F)(F)F)c1. The molecule has 30 heavy (non-hydrogen) atoms. The van der Waals surface area contributed by atoms with E-state index in [0.29, 0.717) is 7.11 Å². The number of methoxy groups -OCH3 is 1. The molecule has 0 atom stereocenters. The Morgan fingerprint density at radius 3 is 1.37 bits per heavy atom. The van der Waals surface area contributed by atoms with Gasteiger partial charge in [0.2, 0.25) is 5.78 Å². The van der Waals surface area contributed by atoms with Crippen molar-refractivity contribution in [3.8, 4) is 0 Å². The Hall–Kier alpha value is -2.48. The van der Waals surface area contributed by atoms with Gasteiger partial charge in [0.1, 0.15) is 5.76 Å². The van der Waals surface area contributed by atoms with Crippen LogP contribution in [0.5, 0.6) is 0 Å². The number of allylic oxidation sites excluding steroid dienone is 1. The number of hydrogen-bond donors (Lipinski definition) is 0. The number of halogens is 13. The van der Waals surface area contributed by atoms with E-state index in [1.165, 1.54) is 0 Å². The standard InChI is InChI=1S/C15H7F13O2/c1-30-9(5-10(29)11(16,14(23,24)25)15(26,27)28)6-2-7(12(17,18)19)4-8(3-6)13(20,21)22/h2-5H,1H3/b9-5-. The Balaban J connectivity index is 3.73. The molecular weight excluding hydrogens is 459 g/mol. The molecule has 0 spiro atoms. The van der Waals surface area contributed by atoms with Crippen molar-refractivity contribution in [3.63, 3.8) is 0 Å². The number of ether oxygens (including phenoxy) is 1. The Bertz CT molecular complexity index is 779. The molecule has 0 amide bonds. The van der Waals surface area contributed by atoms with E-state index < -0.39 is 70.7 Å². The molecule has 0 saturated carbocycles. The third-order valence-corrected chi connectivity index (χ3v) is 3.48. The normalized spacial score (nSPS) is 14.7. The summed E-state index contributed by atoms with van der Waals surface area (Å²) in [5, 5.41) is 0. The van der Waals surface area contributed by atoms with Gasteiger partial charge in [-0.15, -0.1) is 0 Å². The van der Waals surface area contributed by atoms with E-state index in [-0.39, 0.29) is 12.1 Å². The maximum absolute atomic E-state index is 13.7. The molecule has 0 aromatic heterocycles. The zero-order valence-corrected chi connectivity index (χ0v) is 14.0. The van der Waals surface area contributed by atoms with Gasteiger partial charge in [0.05, 0.1) is 18.2 Å². The van der Waals surface area contributed by atoms with Crippen LogP contribution in [-0.2, 0) is 21.9 Å². The number of rotatable bonds is 4. The predicted octanol–water partition coefficient (Wildman–Crippen LogP) is 6.11. The van der Waals surface area contributed by atoms with Crippen molar-refractivity contribution >= 4 is 11.5 Å². The first-order valence-corrected chi connectivity index (χ1v) is 7.08. The van der Waals surface area contributed by atoms with Crippen molar-refractivity contribution in [2.75, 3.05) is 7.11 Å². The Morgan fingerprint density at radius 1 is 0.733 bits per heavy atom. The van der Waals surface area contributed by atoms with Gasteiger partial charge in [0.15, 0.2) is 0 Å². The third kappa shape index (κ3) is 4.98. The lowest BCUT2D eigenvalue weighted by molar-refractivity contribution is -0.323. The second-order valence-corrected chi connectivity index (χ2v) is 5.53. The van der Waals surface area contributed by atoms with E-state index in [9.17, 15) is 61.9 Å². The molecule has 0 N–H and O–H groups in total. The van der Waals surface area contributed by atoms with Gasteiger partial charge in [-0.25, -0.2) is 4.39 Å². The first kappa shape index (κ1) is 25.6. The average molecular weight is 466 g/mol. The Labute approximate surface area is 157 Å². The maximum atomic E-state index is 13.7. The summed E-state index contributed by atoms with van der Waals surface area (Å²) in [7, 11) is 0.410. The highest BCUT2D eigenvalue weighted by molar-refractivity contribution is 6.02. The zero-order chi connectivity index (χ0) is 23.9. The maximum Gasteiger partial charge on any atom is 0.439 e. The highest BCUT2D eigenvalue weighted by Crippen LogP contribution is 2.47. The fourth-order valence-electron chi connectivity index (χ4n) is 2.02. The number of benzene rings is 1. The van der Waals surface area contributed by atoms with Gasteiger partial charge in [-0.3, -0.25) is 4.79 Å². The first-order valence-electron chi connectivity index (χ1n) is 7.08.